The Morgan fingerprint density at radius 3 is 2.55 bits per heavy atom. The minimum Gasteiger partial charge on any atom is -0.326 e. The monoisotopic (exact) mass is 422 g/mol. The van der Waals surface area contributed by atoms with Gasteiger partial charge in [0, 0.05) is 30.5 Å². The number of anilines is 1. The van der Waals surface area contributed by atoms with Gasteiger partial charge in [-0.25, -0.2) is 0 Å². The molecule has 0 bridgehead atoms. The van der Waals surface area contributed by atoms with Crippen LogP contribution in [0.2, 0.25) is 0 Å². The molecule has 5 heteroatoms. The number of hydrogen-bond donors (Lipinski definition) is 1. The largest absolute Gasteiger partial charge is 0.326 e. The van der Waals surface area contributed by atoms with E-state index in [1.807, 2.05) is 19.1 Å². The number of nitrogens with zero attached hydrogens (tertiary/aromatic N) is 3. The van der Waals surface area contributed by atoms with Gasteiger partial charge in [-0.1, -0.05) is 44.4 Å². The van der Waals surface area contributed by atoms with E-state index in [0.29, 0.717) is 24.8 Å². The molecule has 0 spiro atoms. The number of hydrogen-bond acceptors (Lipinski definition) is 3. The number of amides is 1. The summed E-state index contributed by atoms with van der Waals surface area (Å²) in [6.45, 7) is 8.73. The smallest absolute Gasteiger partial charge is 0.224 e. The first-order valence-corrected chi connectivity index (χ1v) is 12.3. The maximum atomic E-state index is 12.6. The number of aryl methyl sites for hydroxylation is 3. The number of benzene rings is 1. The summed E-state index contributed by atoms with van der Waals surface area (Å²) in [6, 6.07) is 6.68. The maximum absolute atomic E-state index is 12.6. The van der Waals surface area contributed by atoms with E-state index in [1.54, 1.807) is 0 Å². The zero-order valence-electron chi connectivity index (χ0n) is 19.7. The summed E-state index contributed by atoms with van der Waals surface area (Å²) in [6.07, 6.45) is 10.0. The lowest BCUT2D eigenvalue weighted by Crippen LogP contribution is -2.27. The fraction of sp³-hybridized carbons (Fsp3) is 0.654. The van der Waals surface area contributed by atoms with Crippen molar-refractivity contribution in [2.24, 2.45) is 11.8 Å². The van der Waals surface area contributed by atoms with Crippen LogP contribution >= 0.6 is 0 Å². The van der Waals surface area contributed by atoms with Crippen LogP contribution in [0.15, 0.2) is 18.2 Å². The highest BCUT2D eigenvalue weighted by atomic mass is 16.1. The van der Waals surface area contributed by atoms with Gasteiger partial charge in [0.1, 0.15) is 11.6 Å². The summed E-state index contributed by atoms with van der Waals surface area (Å²) in [5, 5.41) is 12.2. The molecule has 4 rings (SSSR count). The second-order valence-electron chi connectivity index (χ2n) is 9.89. The molecule has 0 atom stereocenters. The van der Waals surface area contributed by atoms with Crippen molar-refractivity contribution in [3.8, 4) is 0 Å². The second-order valence-corrected chi connectivity index (χ2v) is 9.89. The highest BCUT2D eigenvalue weighted by molar-refractivity contribution is 5.91. The highest BCUT2D eigenvalue weighted by Gasteiger charge is 2.38. The Bertz CT molecular complexity index is 904. The Hall–Kier alpha value is -2.17. The van der Waals surface area contributed by atoms with Crippen LogP contribution < -0.4 is 5.32 Å². The molecule has 0 radical (unpaired) electrons. The molecular formula is C26H38N4O. The molecule has 0 unspecified atom stereocenters. The lowest BCUT2D eigenvalue weighted by atomic mass is 9.70. The van der Waals surface area contributed by atoms with Crippen molar-refractivity contribution in [1.29, 1.82) is 0 Å². The number of aromatic nitrogens is 3. The van der Waals surface area contributed by atoms with Crippen LogP contribution in [0.3, 0.4) is 0 Å². The molecule has 0 saturated heterocycles. The molecule has 1 heterocycles. The van der Waals surface area contributed by atoms with Crippen LogP contribution in [-0.2, 0) is 11.2 Å². The van der Waals surface area contributed by atoms with Gasteiger partial charge in [-0.15, -0.1) is 10.2 Å². The summed E-state index contributed by atoms with van der Waals surface area (Å²) >= 11 is 0. The van der Waals surface area contributed by atoms with E-state index >= 15 is 0 Å². The molecule has 2 fully saturated rings. The van der Waals surface area contributed by atoms with Gasteiger partial charge >= 0.3 is 0 Å². The zero-order chi connectivity index (χ0) is 22.0. The first kappa shape index (κ1) is 22.0. The summed E-state index contributed by atoms with van der Waals surface area (Å²) in [5.74, 6) is 4.52. The van der Waals surface area contributed by atoms with Crippen LogP contribution in [0, 0.1) is 25.7 Å². The van der Waals surface area contributed by atoms with Gasteiger partial charge < -0.3 is 9.88 Å². The number of carbonyl (C=O) groups excluding carboxylic acids is 1. The van der Waals surface area contributed by atoms with Crippen molar-refractivity contribution >= 4 is 11.6 Å². The third-order valence-electron chi connectivity index (χ3n) is 7.36. The highest BCUT2D eigenvalue weighted by Crippen LogP contribution is 2.47. The van der Waals surface area contributed by atoms with E-state index in [1.165, 1.54) is 56.3 Å². The standard InChI is InChI=1S/C26H38N4O/c1-5-19(6-2)14-20-15-21(16-20)26-29-28-24(30(26)22-8-9-22)11-12-25(31)27-23-10-7-17(3)13-18(23)4/h7,10,13,19-22H,5-6,8-9,11-12,14-16H2,1-4H3,(H,27,31)/t20-,21+. The fourth-order valence-corrected chi connectivity index (χ4v) is 5.14. The lowest BCUT2D eigenvalue weighted by molar-refractivity contribution is -0.116. The van der Waals surface area contributed by atoms with Gasteiger partial charge in [0.25, 0.3) is 0 Å². The quantitative estimate of drug-likeness (QED) is 0.502. The van der Waals surface area contributed by atoms with Crippen LogP contribution in [0.25, 0.3) is 0 Å². The van der Waals surface area contributed by atoms with Crippen molar-refractivity contribution in [2.45, 2.75) is 97.4 Å². The molecule has 2 aromatic rings. The molecule has 1 N–H and O–H groups in total. The normalized spacial score (nSPS) is 20.7. The number of rotatable bonds is 10. The minimum atomic E-state index is 0.0488. The first-order chi connectivity index (χ1) is 15.0. The van der Waals surface area contributed by atoms with E-state index < -0.39 is 0 Å². The van der Waals surface area contributed by atoms with Crippen molar-refractivity contribution in [3.63, 3.8) is 0 Å². The average molecular weight is 423 g/mol. The summed E-state index contributed by atoms with van der Waals surface area (Å²) in [4.78, 5) is 12.6. The molecule has 2 saturated carbocycles. The maximum Gasteiger partial charge on any atom is 0.224 e. The average Bonchev–Trinajstić information content (AvgIpc) is 3.47. The molecule has 5 nitrogen and oxygen atoms in total. The molecule has 1 amide bonds. The number of carbonyl (C=O) groups is 1. The predicted octanol–water partition coefficient (Wildman–Crippen LogP) is 6.12. The van der Waals surface area contributed by atoms with Gasteiger partial charge in [-0.05, 0) is 69.4 Å². The fourth-order valence-electron chi connectivity index (χ4n) is 5.14. The van der Waals surface area contributed by atoms with Gasteiger partial charge in [0.05, 0.1) is 0 Å². The molecule has 2 aliphatic carbocycles. The molecule has 31 heavy (non-hydrogen) atoms. The predicted molar refractivity (Wildman–Crippen MR) is 125 cm³/mol. The Labute approximate surface area is 187 Å². The topological polar surface area (TPSA) is 59.8 Å². The van der Waals surface area contributed by atoms with Gasteiger partial charge in [-0.3, -0.25) is 4.79 Å². The third kappa shape index (κ3) is 5.19. The van der Waals surface area contributed by atoms with Crippen LogP contribution in [-0.4, -0.2) is 20.7 Å². The van der Waals surface area contributed by atoms with E-state index in [-0.39, 0.29) is 5.91 Å². The van der Waals surface area contributed by atoms with Crippen molar-refractivity contribution in [3.05, 3.63) is 41.0 Å². The first-order valence-electron chi connectivity index (χ1n) is 12.3. The molecule has 0 aliphatic heterocycles. The van der Waals surface area contributed by atoms with E-state index in [2.05, 4.69) is 46.9 Å². The van der Waals surface area contributed by atoms with E-state index in [9.17, 15) is 4.79 Å². The van der Waals surface area contributed by atoms with Gasteiger partial charge in [0.15, 0.2) is 0 Å². The van der Waals surface area contributed by atoms with Gasteiger partial charge in [-0.2, -0.15) is 0 Å². The van der Waals surface area contributed by atoms with E-state index in [4.69, 9.17) is 0 Å². The SMILES string of the molecule is CCC(CC)C[C@H]1C[C@@H](c2nnc(CCC(=O)Nc3ccc(C)cc3C)n2C2CC2)C1. The summed E-state index contributed by atoms with van der Waals surface area (Å²) < 4.78 is 2.39. The molecule has 168 valence electrons. The van der Waals surface area contributed by atoms with E-state index in [0.717, 1.165) is 28.9 Å². The van der Waals surface area contributed by atoms with Crippen LogP contribution in [0.4, 0.5) is 5.69 Å². The molecule has 1 aromatic heterocycles. The Morgan fingerprint density at radius 1 is 1.16 bits per heavy atom. The van der Waals surface area contributed by atoms with Crippen LogP contribution in [0.5, 0.6) is 0 Å². The molecule has 1 aromatic carbocycles. The minimum absolute atomic E-state index is 0.0488. The van der Waals surface area contributed by atoms with Crippen molar-refractivity contribution in [1.82, 2.24) is 14.8 Å². The molecular weight excluding hydrogens is 384 g/mol. The second kappa shape index (κ2) is 9.54. The molecule has 2 aliphatic rings. The Balaban J connectivity index is 1.34. The summed E-state index contributed by atoms with van der Waals surface area (Å²) in [5.41, 5.74) is 3.21. The number of nitrogens with one attached hydrogen (secondary N) is 1. The van der Waals surface area contributed by atoms with Crippen molar-refractivity contribution < 1.29 is 4.79 Å². The Morgan fingerprint density at radius 2 is 1.90 bits per heavy atom. The summed E-state index contributed by atoms with van der Waals surface area (Å²) in [7, 11) is 0. The Kier molecular flexibility index (Phi) is 6.78. The van der Waals surface area contributed by atoms with Gasteiger partial charge in [0.2, 0.25) is 5.91 Å². The third-order valence-corrected chi connectivity index (χ3v) is 7.36. The lowest BCUT2D eigenvalue weighted by Gasteiger charge is -2.37. The van der Waals surface area contributed by atoms with Crippen LogP contribution in [0.1, 0.15) is 99.9 Å². The van der Waals surface area contributed by atoms with Crippen molar-refractivity contribution in [2.75, 3.05) is 5.32 Å². The zero-order valence-corrected chi connectivity index (χ0v) is 19.7.